The molecule has 4 heterocycles. The van der Waals surface area contributed by atoms with Gasteiger partial charge in [0.2, 0.25) is 0 Å². The number of fused-ring (bicyclic) bond motifs is 1. The zero-order valence-electron chi connectivity index (χ0n) is 20.4. The van der Waals surface area contributed by atoms with Crippen LogP contribution in [-0.2, 0) is 4.74 Å². The third-order valence-electron chi connectivity index (χ3n) is 6.55. The monoisotopic (exact) mass is 490 g/mol. The van der Waals surface area contributed by atoms with Crippen molar-refractivity contribution in [2.24, 2.45) is 0 Å². The maximum Gasteiger partial charge on any atom is 0.276 e. The summed E-state index contributed by atoms with van der Waals surface area (Å²) in [5, 5.41) is 10.9. The van der Waals surface area contributed by atoms with Gasteiger partial charge in [-0.2, -0.15) is 5.10 Å². The van der Waals surface area contributed by atoms with Crippen molar-refractivity contribution in [1.82, 2.24) is 20.2 Å². The molecule has 2 N–H and O–H groups in total. The van der Waals surface area contributed by atoms with Gasteiger partial charge < -0.3 is 15.0 Å². The van der Waals surface area contributed by atoms with Gasteiger partial charge in [0.15, 0.2) is 5.69 Å². The van der Waals surface area contributed by atoms with E-state index in [0.29, 0.717) is 24.6 Å². The van der Waals surface area contributed by atoms with E-state index in [2.05, 4.69) is 55.5 Å². The molecule has 0 radical (unpaired) electrons. The van der Waals surface area contributed by atoms with Crippen LogP contribution in [0.1, 0.15) is 16.1 Å². The maximum atomic E-state index is 13.1. The largest absolute Gasteiger partial charge is 0.378 e. The molecule has 184 valence electrons. The Kier molecular flexibility index (Phi) is 6.08. The van der Waals surface area contributed by atoms with E-state index in [1.165, 1.54) is 5.56 Å². The fourth-order valence-electron chi connectivity index (χ4n) is 4.58. The second-order valence-electron chi connectivity index (χ2n) is 9.12. The van der Waals surface area contributed by atoms with E-state index in [1.54, 1.807) is 6.20 Å². The molecule has 3 aromatic heterocycles. The number of pyridine rings is 2. The van der Waals surface area contributed by atoms with Gasteiger partial charge in [0.1, 0.15) is 0 Å². The molecule has 1 saturated heterocycles. The van der Waals surface area contributed by atoms with Gasteiger partial charge in [-0.05, 0) is 48.9 Å². The Morgan fingerprint density at radius 1 is 0.946 bits per heavy atom. The quantitative estimate of drug-likeness (QED) is 0.357. The average molecular weight is 491 g/mol. The highest BCUT2D eigenvalue weighted by Crippen LogP contribution is 2.28. The molecule has 1 fully saturated rings. The summed E-state index contributed by atoms with van der Waals surface area (Å²) in [4.78, 5) is 24.4. The Labute approximate surface area is 214 Å². The van der Waals surface area contributed by atoms with E-state index < -0.39 is 0 Å². The summed E-state index contributed by atoms with van der Waals surface area (Å²) in [7, 11) is 0. The molecule has 5 aromatic rings. The van der Waals surface area contributed by atoms with Crippen LogP contribution in [0.2, 0.25) is 0 Å². The second-order valence-corrected chi connectivity index (χ2v) is 9.12. The summed E-state index contributed by atoms with van der Waals surface area (Å²) < 4.78 is 5.47. The second kappa shape index (κ2) is 9.83. The lowest BCUT2D eigenvalue weighted by Crippen LogP contribution is -2.36. The molecule has 2 aromatic carbocycles. The number of morpholine rings is 1. The number of rotatable bonds is 5. The number of nitrogens with zero attached hydrogens (tertiary/aromatic N) is 4. The summed E-state index contributed by atoms with van der Waals surface area (Å²) in [6.45, 7) is 5.17. The molecule has 0 unspecified atom stereocenters. The molecule has 1 amide bonds. The highest BCUT2D eigenvalue weighted by Gasteiger charge is 2.17. The van der Waals surface area contributed by atoms with E-state index in [0.717, 1.165) is 52.1 Å². The number of hydrogen-bond donors (Lipinski definition) is 2. The first-order chi connectivity index (χ1) is 18.1. The van der Waals surface area contributed by atoms with Crippen molar-refractivity contribution in [2.45, 2.75) is 6.92 Å². The summed E-state index contributed by atoms with van der Waals surface area (Å²) in [6.07, 6.45) is 5.38. The lowest BCUT2D eigenvalue weighted by atomic mass is 10.0. The third kappa shape index (κ3) is 4.79. The number of aryl methyl sites for hydroxylation is 1. The molecule has 8 heteroatoms. The molecule has 0 spiro atoms. The maximum absolute atomic E-state index is 13.1. The van der Waals surface area contributed by atoms with Gasteiger partial charge in [-0.3, -0.25) is 19.9 Å². The minimum absolute atomic E-state index is 0.298. The van der Waals surface area contributed by atoms with Gasteiger partial charge in [0.25, 0.3) is 5.91 Å². The predicted molar refractivity (Wildman–Crippen MR) is 145 cm³/mol. The molecular weight excluding hydrogens is 464 g/mol. The van der Waals surface area contributed by atoms with E-state index >= 15 is 0 Å². The summed E-state index contributed by atoms with van der Waals surface area (Å²) >= 11 is 0. The zero-order chi connectivity index (χ0) is 25.2. The molecule has 0 saturated carbocycles. The van der Waals surface area contributed by atoms with Crippen LogP contribution in [0.3, 0.4) is 0 Å². The summed E-state index contributed by atoms with van der Waals surface area (Å²) in [5.74, 6) is -0.298. The van der Waals surface area contributed by atoms with Crippen LogP contribution in [0.4, 0.5) is 11.4 Å². The smallest absolute Gasteiger partial charge is 0.276 e. The van der Waals surface area contributed by atoms with Crippen molar-refractivity contribution in [1.29, 1.82) is 0 Å². The number of carbonyl (C=O) groups is 1. The number of aromatic nitrogens is 4. The Balaban J connectivity index is 1.24. The Bertz CT molecular complexity index is 1570. The normalized spacial score (nSPS) is 13.6. The molecule has 0 bridgehead atoms. The number of H-pyrrole nitrogens is 1. The van der Waals surface area contributed by atoms with E-state index in [9.17, 15) is 4.79 Å². The van der Waals surface area contributed by atoms with Crippen LogP contribution >= 0.6 is 0 Å². The summed E-state index contributed by atoms with van der Waals surface area (Å²) in [5.41, 5.74) is 7.80. The summed E-state index contributed by atoms with van der Waals surface area (Å²) in [6, 6.07) is 20.0. The van der Waals surface area contributed by atoms with E-state index in [4.69, 9.17) is 4.74 Å². The van der Waals surface area contributed by atoms with Crippen molar-refractivity contribution >= 4 is 28.2 Å². The van der Waals surface area contributed by atoms with Crippen LogP contribution in [0.25, 0.3) is 33.3 Å². The lowest BCUT2D eigenvalue weighted by Gasteiger charge is -2.28. The highest BCUT2D eigenvalue weighted by molar-refractivity contribution is 6.11. The molecule has 0 aliphatic carbocycles. The van der Waals surface area contributed by atoms with Gasteiger partial charge in [-0.25, -0.2) is 0 Å². The van der Waals surface area contributed by atoms with Crippen LogP contribution in [0.5, 0.6) is 0 Å². The van der Waals surface area contributed by atoms with Crippen molar-refractivity contribution in [3.8, 4) is 22.4 Å². The first-order valence-electron chi connectivity index (χ1n) is 12.2. The molecule has 6 rings (SSSR count). The Morgan fingerprint density at radius 3 is 2.65 bits per heavy atom. The molecule has 1 aliphatic heterocycles. The number of hydrogen-bond acceptors (Lipinski definition) is 6. The number of aromatic amines is 1. The Hall–Kier alpha value is -4.56. The fourth-order valence-corrected chi connectivity index (χ4v) is 4.58. The van der Waals surface area contributed by atoms with E-state index in [1.807, 2.05) is 54.9 Å². The molecular formula is C29H26N6O2. The number of amides is 1. The molecule has 37 heavy (non-hydrogen) atoms. The van der Waals surface area contributed by atoms with Gasteiger partial charge in [-0.1, -0.05) is 29.8 Å². The number of nitrogens with one attached hydrogen (secondary N) is 2. The van der Waals surface area contributed by atoms with Crippen molar-refractivity contribution in [3.63, 3.8) is 0 Å². The van der Waals surface area contributed by atoms with Crippen LogP contribution < -0.4 is 10.2 Å². The van der Waals surface area contributed by atoms with Gasteiger partial charge in [-0.15, -0.1) is 0 Å². The lowest BCUT2D eigenvalue weighted by molar-refractivity contribution is 0.102. The molecule has 0 atom stereocenters. The topological polar surface area (TPSA) is 96.0 Å². The van der Waals surface area contributed by atoms with Crippen LogP contribution in [0.15, 0.2) is 79.3 Å². The molecule has 1 aliphatic rings. The zero-order valence-corrected chi connectivity index (χ0v) is 20.4. The van der Waals surface area contributed by atoms with Gasteiger partial charge >= 0.3 is 0 Å². The first-order valence-corrected chi connectivity index (χ1v) is 12.2. The third-order valence-corrected chi connectivity index (χ3v) is 6.55. The number of carbonyl (C=O) groups excluding carboxylic acids is 1. The van der Waals surface area contributed by atoms with Crippen molar-refractivity contribution in [2.75, 3.05) is 36.5 Å². The van der Waals surface area contributed by atoms with E-state index in [-0.39, 0.29) is 5.91 Å². The average Bonchev–Trinajstić information content (AvgIpc) is 3.38. The van der Waals surface area contributed by atoms with Gasteiger partial charge in [0.05, 0.1) is 48.2 Å². The van der Waals surface area contributed by atoms with Crippen LogP contribution in [-0.4, -0.2) is 52.4 Å². The van der Waals surface area contributed by atoms with Gasteiger partial charge in [0, 0.05) is 35.8 Å². The number of benzene rings is 2. The molecule has 8 nitrogen and oxygen atoms in total. The standard InChI is InChI=1S/C29H26N6O2/c1-19-3-2-4-21(13-19)26-8-6-23(17-31-26)32-29(36)28-25-15-20(5-7-27(25)33-34-28)22-14-24(18-30-16-22)35-9-11-37-12-10-35/h2-8,13-18H,9-12H2,1H3,(H,32,36)(H,33,34). The van der Waals surface area contributed by atoms with Crippen molar-refractivity contribution < 1.29 is 9.53 Å². The SMILES string of the molecule is Cc1cccc(-c2ccc(NC(=O)c3n[nH]c4ccc(-c5cncc(N6CCOCC6)c5)cc34)cn2)c1. The Morgan fingerprint density at radius 2 is 1.84 bits per heavy atom. The van der Waals surface area contributed by atoms with Crippen molar-refractivity contribution in [3.05, 3.63) is 90.5 Å². The number of anilines is 2. The predicted octanol–water partition coefficient (Wildman–Crippen LogP) is 5.08. The first kappa shape index (κ1) is 22.9. The fraction of sp³-hybridized carbons (Fsp3) is 0.172. The number of ether oxygens (including phenoxy) is 1. The minimum Gasteiger partial charge on any atom is -0.378 e. The minimum atomic E-state index is -0.298. The highest BCUT2D eigenvalue weighted by atomic mass is 16.5. The van der Waals surface area contributed by atoms with Crippen LogP contribution in [0, 0.1) is 6.92 Å².